The zero-order valence-electron chi connectivity index (χ0n) is 11.6. The highest BCUT2D eigenvalue weighted by Gasteiger charge is 2.19. The summed E-state index contributed by atoms with van der Waals surface area (Å²) in [6, 6.07) is 8.69. The van der Waals surface area contributed by atoms with Gasteiger partial charge in [0.2, 0.25) is 0 Å². The molecule has 0 unspecified atom stereocenters. The molecule has 1 saturated heterocycles. The first-order valence-electron chi connectivity index (χ1n) is 6.83. The van der Waals surface area contributed by atoms with Gasteiger partial charge in [-0.15, -0.1) is 5.10 Å². The van der Waals surface area contributed by atoms with Gasteiger partial charge in [0.15, 0.2) is 0 Å². The van der Waals surface area contributed by atoms with E-state index in [4.69, 9.17) is 5.73 Å². The highest BCUT2D eigenvalue weighted by atomic mass is 32.1. The Bertz CT molecular complexity index is 574. The predicted octanol–water partition coefficient (Wildman–Crippen LogP) is 1.75. The number of nitrogens with two attached hydrogens (primary N) is 1. The van der Waals surface area contributed by atoms with Crippen molar-refractivity contribution in [3.8, 4) is 0 Å². The Labute approximate surface area is 123 Å². The van der Waals surface area contributed by atoms with Crippen LogP contribution in [0.25, 0.3) is 0 Å². The van der Waals surface area contributed by atoms with Gasteiger partial charge < -0.3 is 10.6 Å². The number of benzene rings is 1. The summed E-state index contributed by atoms with van der Waals surface area (Å²) < 4.78 is 3.89. The molecular formula is C14H19N5S. The quantitative estimate of drug-likeness (QED) is 0.933. The number of anilines is 2. The molecule has 2 heterocycles. The summed E-state index contributed by atoms with van der Waals surface area (Å²) >= 11 is 1.27. The third kappa shape index (κ3) is 2.91. The van der Waals surface area contributed by atoms with Gasteiger partial charge in [-0.2, -0.15) is 0 Å². The Morgan fingerprint density at radius 2 is 2.05 bits per heavy atom. The molecule has 1 aromatic heterocycles. The summed E-state index contributed by atoms with van der Waals surface area (Å²) in [7, 11) is 0. The Hall–Kier alpha value is -1.66. The van der Waals surface area contributed by atoms with E-state index in [1.165, 1.54) is 22.8 Å². The third-order valence-corrected chi connectivity index (χ3v) is 4.29. The van der Waals surface area contributed by atoms with Gasteiger partial charge in [-0.25, -0.2) is 0 Å². The molecule has 1 aromatic carbocycles. The van der Waals surface area contributed by atoms with Crippen LogP contribution in [0.15, 0.2) is 24.3 Å². The molecular weight excluding hydrogens is 270 g/mol. The van der Waals surface area contributed by atoms with E-state index in [9.17, 15) is 0 Å². The van der Waals surface area contributed by atoms with E-state index in [0.29, 0.717) is 0 Å². The fourth-order valence-electron chi connectivity index (χ4n) is 2.53. The summed E-state index contributed by atoms with van der Waals surface area (Å²) in [5, 5.41) is 4.83. The van der Waals surface area contributed by atoms with Crippen LogP contribution in [-0.4, -0.2) is 40.7 Å². The van der Waals surface area contributed by atoms with Crippen LogP contribution in [0.2, 0.25) is 0 Å². The van der Waals surface area contributed by atoms with E-state index in [-0.39, 0.29) is 0 Å². The number of nitrogen functional groups attached to an aromatic ring is 1. The number of hydrogen-bond donors (Lipinski definition) is 1. The Morgan fingerprint density at radius 3 is 2.70 bits per heavy atom. The van der Waals surface area contributed by atoms with Gasteiger partial charge in [-0.05, 0) is 24.6 Å². The van der Waals surface area contributed by atoms with Gasteiger partial charge >= 0.3 is 0 Å². The largest absolute Gasteiger partial charge is 0.388 e. The summed E-state index contributed by atoms with van der Waals surface area (Å²) in [5.41, 5.74) is 9.40. The van der Waals surface area contributed by atoms with Crippen LogP contribution < -0.4 is 10.6 Å². The number of hydrogen-bond acceptors (Lipinski definition) is 6. The summed E-state index contributed by atoms with van der Waals surface area (Å²) in [6.45, 7) is 7.10. The molecule has 2 aromatic rings. The standard InChI is InChI=1S/C14H19N5S/c1-11-3-2-4-12(9-11)19-7-5-18(6-8-19)10-13-14(15)20-17-16-13/h2-4,9H,5-8,10,15H2,1H3. The van der Waals surface area contributed by atoms with E-state index in [1.807, 2.05) is 0 Å². The molecule has 0 aliphatic carbocycles. The van der Waals surface area contributed by atoms with E-state index in [0.717, 1.165) is 43.4 Å². The summed E-state index contributed by atoms with van der Waals surface area (Å²) in [4.78, 5) is 4.82. The molecule has 0 atom stereocenters. The summed E-state index contributed by atoms with van der Waals surface area (Å²) in [6.07, 6.45) is 0. The van der Waals surface area contributed by atoms with Crippen molar-refractivity contribution in [2.45, 2.75) is 13.5 Å². The second kappa shape index (κ2) is 5.76. The number of aryl methyl sites for hydroxylation is 1. The maximum atomic E-state index is 5.85. The smallest absolute Gasteiger partial charge is 0.132 e. The number of rotatable bonds is 3. The van der Waals surface area contributed by atoms with Crippen molar-refractivity contribution < 1.29 is 0 Å². The van der Waals surface area contributed by atoms with Crippen LogP contribution in [0, 0.1) is 6.92 Å². The normalized spacial score (nSPS) is 16.6. The van der Waals surface area contributed by atoms with Crippen molar-refractivity contribution >= 4 is 22.2 Å². The van der Waals surface area contributed by atoms with E-state index >= 15 is 0 Å². The highest BCUT2D eigenvalue weighted by molar-refractivity contribution is 7.09. The Balaban J connectivity index is 1.58. The van der Waals surface area contributed by atoms with Crippen LogP contribution in [-0.2, 0) is 6.54 Å². The SMILES string of the molecule is Cc1cccc(N2CCN(Cc3nnsc3N)CC2)c1. The minimum absolute atomic E-state index is 0.742. The minimum Gasteiger partial charge on any atom is -0.388 e. The molecule has 6 heteroatoms. The number of piperazine rings is 1. The monoisotopic (exact) mass is 289 g/mol. The first-order chi connectivity index (χ1) is 9.72. The molecule has 2 N–H and O–H groups in total. The Morgan fingerprint density at radius 1 is 1.25 bits per heavy atom. The van der Waals surface area contributed by atoms with Crippen LogP contribution in [0.4, 0.5) is 10.7 Å². The molecule has 1 aliphatic heterocycles. The van der Waals surface area contributed by atoms with E-state index < -0.39 is 0 Å². The molecule has 5 nitrogen and oxygen atoms in total. The van der Waals surface area contributed by atoms with Crippen molar-refractivity contribution in [2.75, 3.05) is 36.8 Å². The average molecular weight is 289 g/mol. The molecule has 0 amide bonds. The van der Waals surface area contributed by atoms with Gasteiger partial charge in [-0.1, -0.05) is 16.6 Å². The zero-order chi connectivity index (χ0) is 13.9. The molecule has 1 fully saturated rings. The molecule has 0 spiro atoms. The van der Waals surface area contributed by atoms with Crippen molar-refractivity contribution in [3.63, 3.8) is 0 Å². The number of aromatic nitrogens is 2. The van der Waals surface area contributed by atoms with E-state index in [2.05, 4.69) is 50.6 Å². The molecule has 20 heavy (non-hydrogen) atoms. The van der Waals surface area contributed by atoms with Gasteiger partial charge in [-0.3, -0.25) is 4.90 Å². The molecule has 1 aliphatic rings. The number of nitrogens with zero attached hydrogens (tertiary/aromatic N) is 4. The first-order valence-corrected chi connectivity index (χ1v) is 7.60. The predicted molar refractivity (Wildman–Crippen MR) is 83.0 cm³/mol. The first kappa shape index (κ1) is 13.3. The van der Waals surface area contributed by atoms with Gasteiger partial charge in [0, 0.05) is 49.9 Å². The van der Waals surface area contributed by atoms with Crippen molar-refractivity contribution in [3.05, 3.63) is 35.5 Å². The van der Waals surface area contributed by atoms with Gasteiger partial charge in [0.05, 0.1) is 0 Å². The maximum Gasteiger partial charge on any atom is 0.132 e. The second-order valence-corrected chi connectivity index (χ2v) is 5.97. The fraction of sp³-hybridized carbons (Fsp3) is 0.429. The second-order valence-electron chi connectivity index (χ2n) is 5.19. The lowest BCUT2D eigenvalue weighted by Crippen LogP contribution is -2.46. The lowest BCUT2D eigenvalue weighted by molar-refractivity contribution is 0.247. The van der Waals surface area contributed by atoms with Gasteiger partial charge in [0.25, 0.3) is 0 Å². The van der Waals surface area contributed by atoms with Crippen molar-refractivity contribution in [1.82, 2.24) is 14.5 Å². The van der Waals surface area contributed by atoms with Crippen LogP contribution in [0.5, 0.6) is 0 Å². The average Bonchev–Trinajstić information content (AvgIpc) is 2.85. The van der Waals surface area contributed by atoms with Gasteiger partial charge in [0.1, 0.15) is 10.7 Å². The molecule has 3 rings (SSSR count). The molecule has 0 saturated carbocycles. The third-order valence-electron chi connectivity index (χ3n) is 3.70. The fourth-order valence-corrected chi connectivity index (χ4v) is 2.96. The highest BCUT2D eigenvalue weighted by Crippen LogP contribution is 2.20. The molecule has 106 valence electrons. The Kier molecular flexibility index (Phi) is 3.84. The lowest BCUT2D eigenvalue weighted by atomic mass is 10.2. The van der Waals surface area contributed by atoms with E-state index in [1.54, 1.807) is 0 Å². The van der Waals surface area contributed by atoms with Crippen LogP contribution in [0.3, 0.4) is 0 Å². The summed E-state index contributed by atoms with van der Waals surface area (Å²) in [5.74, 6) is 0. The molecule has 0 bridgehead atoms. The zero-order valence-corrected chi connectivity index (χ0v) is 12.4. The molecule has 0 radical (unpaired) electrons. The van der Waals surface area contributed by atoms with Crippen molar-refractivity contribution in [1.29, 1.82) is 0 Å². The van der Waals surface area contributed by atoms with Crippen molar-refractivity contribution in [2.24, 2.45) is 0 Å². The maximum absolute atomic E-state index is 5.85. The van der Waals surface area contributed by atoms with Crippen LogP contribution >= 0.6 is 11.5 Å². The minimum atomic E-state index is 0.742. The van der Waals surface area contributed by atoms with Crippen LogP contribution in [0.1, 0.15) is 11.3 Å². The topological polar surface area (TPSA) is 58.3 Å². The lowest BCUT2D eigenvalue weighted by Gasteiger charge is -2.35.